The molecule has 0 aromatic heterocycles. The lowest BCUT2D eigenvalue weighted by atomic mass is 9.88. The topological polar surface area (TPSA) is 90.3 Å². The van der Waals surface area contributed by atoms with E-state index in [1.165, 1.54) is 6.08 Å². The Hall–Kier alpha value is -2.04. The summed E-state index contributed by atoms with van der Waals surface area (Å²) in [5, 5.41) is 13.3. The summed E-state index contributed by atoms with van der Waals surface area (Å²) in [5.74, 6) is 0.455. The molecule has 8 heteroatoms. The Balaban J connectivity index is 2.20. The molecule has 0 saturated carbocycles. The number of amides is 2. The lowest BCUT2D eigenvalue weighted by molar-refractivity contribution is 0.131. The van der Waals surface area contributed by atoms with E-state index in [-0.39, 0.29) is 12.1 Å². The van der Waals surface area contributed by atoms with Gasteiger partial charge in [0.05, 0.1) is 16.6 Å². The summed E-state index contributed by atoms with van der Waals surface area (Å²) in [4.78, 5) is 14.5. The van der Waals surface area contributed by atoms with Gasteiger partial charge in [0.2, 0.25) is 0 Å². The Morgan fingerprint density at radius 1 is 1.48 bits per heavy atom. The smallest absolute Gasteiger partial charge is 0.318 e. The standard InChI is InChI=1S/C19H24ClN3O3S/c1-13-6-8-23(19(24)22-14(2)7-9-27(3,25)26)18(10-13)15-4-5-16(12-21)17(20)11-15/h4-5,7,9,11,13-14,18H,6,8,10H2,1-3H3,(H,22,24)/b9-7-/t13-,14-,18+/m1/s1. The second-order valence-electron chi connectivity index (χ2n) is 7.09. The van der Waals surface area contributed by atoms with Gasteiger partial charge in [-0.3, -0.25) is 0 Å². The second-order valence-corrected chi connectivity index (χ2v) is 9.42. The minimum atomic E-state index is -3.24. The van der Waals surface area contributed by atoms with Crippen LogP contribution in [0.3, 0.4) is 0 Å². The van der Waals surface area contributed by atoms with Crippen LogP contribution in [0.15, 0.2) is 29.7 Å². The molecule has 0 unspecified atom stereocenters. The van der Waals surface area contributed by atoms with Gasteiger partial charge in [0.25, 0.3) is 0 Å². The second kappa shape index (κ2) is 8.77. The van der Waals surface area contributed by atoms with Crippen molar-refractivity contribution in [1.82, 2.24) is 10.2 Å². The van der Waals surface area contributed by atoms with E-state index in [2.05, 4.69) is 12.2 Å². The van der Waals surface area contributed by atoms with Crippen LogP contribution in [0.25, 0.3) is 0 Å². The zero-order chi connectivity index (χ0) is 20.2. The molecule has 27 heavy (non-hydrogen) atoms. The molecular weight excluding hydrogens is 386 g/mol. The summed E-state index contributed by atoms with van der Waals surface area (Å²) in [6.45, 7) is 4.46. The fraction of sp³-hybridized carbons (Fsp3) is 0.474. The lowest BCUT2D eigenvalue weighted by Gasteiger charge is -2.39. The number of likely N-dealkylation sites (tertiary alicyclic amines) is 1. The molecule has 1 aliphatic rings. The Morgan fingerprint density at radius 2 is 2.19 bits per heavy atom. The number of hydrogen-bond acceptors (Lipinski definition) is 4. The Bertz CT molecular complexity index is 877. The number of benzene rings is 1. The van der Waals surface area contributed by atoms with Crippen molar-refractivity contribution in [2.45, 2.75) is 38.8 Å². The zero-order valence-corrected chi connectivity index (χ0v) is 17.2. The molecule has 1 saturated heterocycles. The number of nitrogens with zero attached hydrogens (tertiary/aromatic N) is 2. The van der Waals surface area contributed by atoms with E-state index in [1.54, 1.807) is 24.0 Å². The van der Waals surface area contributed by atoms with Crippen molar-refractivity contribution >= 4 is 27.5 Å². The van der Waals surface area contributed by atoms with Crippen LogP contribution in [0, 0.1) is 17.2 Å². The lowest BCUT2D eigenvalue weighted by Crippen LogP contribution is -2.48. The van der Waals surface area contributed by atoms with Gasteiger partial charge in [-0.05, 0) is 43.4 Å². The summed E-state index contributed by atoms with van der Waals surface area (Å²) in [5.41, 5.74) is 1.29. The van der Waals surface area contributed by atoms with E-state index in [0.717, 1.165) is 30.1 Å². The first-order chi connectivity index (χ1) is 12.6. The van der Waals surface area contributed by atoms with E-state index in [9.17, 15) is 13.2 Å². The molecule has 1 fully saturated rings. The minimum absolute atomic E-state index is 0.148. The van der Waals surface area contributed by atoms with E-state index in [0.29, 0.717) is 23.0 Å². The van der Waals surface area contributed by atoms with Crippen molar-refractivity contribution in [2.24, 2.45) is 5.92 Å². The number of hydrogen-bond donors (Lipinski definition) is 1. The van der Waals surface area contributed by atoms with Gasteiger partial charge in [-0.1, -0.05) is 30.7 Å². The highest BCUT2D eigenvalue weighted by atomic mass is 35.5. The van der Waals surface area contributed by atoms with E-state index in [1.807, 2.05) is 12.1 Å². The molecule has 0 aliphatic carbocycles. The average Bonchev–Trinajstić information content (AvgIpc) is 2.59. The van der Waals surface area contributed by atoms with Gasteiger partial charge in [-0.25, -0.2) is 13.2 Å². The molecule has 0 radical (unpaired) electrons. The van der Waals surface area contributed by atoms with Crippen LogP contribution in [0.4, 0.5) is 4.79 Å². The third kappa shape index (κ3) is 5.98. The maximum atomic E-state index is 12.8. The van der Waals surface area contributed by atoms with E-state index >= 15 is 0 Å². The monoisotopic (exact) mass is 409 g/mol. The maximum absolute atomic E-state index is 12.8. The van der Waals surface area contributed by atoms with Crippen LogP contribution in [0.2, 0.25) is 5.02 Å². The van der Waals surface area contributed by atoms with Crippen LogP contribution >= 0.6 is 11.6 Å². The highest BCUT2D eigenvalue weighted by Gasteiger charge is 2.31. The number of rotatable bonds is 4. The van der Waals surface area contributed by atoms with Crippen molar-refractivity contribution in [3.63, 3.8) is 0 Å². The average molecular weight is 410 g/mol. The molecule has 3 atom stereocenters. The highest BCUT2D eigenvalue weighted by Crippen LogP contribution is 2.35. The molecule has 146 valence electrons. The summed E-state index contributed by atoms with van der Waals surface area (Å²) >= 11 is 6.17. The van der Waals surface area contributed by atoms with Gasteiger partial charge in [0.15, 0.2) is 9.84 Å². The van der Waals surface area contributed by atoms with Crippen LogP contribution in [-0.2, 0) is 9.84 Å². The van der Waals surface area contributed by atoms with Crippen molar-refractivity contribution in [1.29, 1.82) is 5.26 Å². The number of carbonyl (C=O) groups excluding carboxylic acids is 1. The Morgan fingerprint density at radius 3 is 2.78 bits per heavy atom. The summed E-state index contributed by atoms with van der Waals surface area (Å²) in [6.07, 6.45) is 4.24. The van der Waals surface area contributed by atoms with Gasteiger partial charge in [0, 0.05) is 24.3 Å². The summed E-state index contributed by atoms with van der Waals surface area (Å²) in [7, 11) is -3.24. The summed E-state index contributed by atoms with van der Waals surface area (Å²) in [6, 6.07) is 6.47. The molecule has 0 bridgehead atoms. The number of sulfone groups is 1. The van der Waals surface area contributed by atoms with E-state index < -0.39 is 15.9 Å². The molecule has 2 rings (SSSR count). The molecule has 0 spiro atoms. The number of piperidine rings is 1. The molecule has 1 N–H and O–H groups in total. The fourth-order valence-corrected chi connectivity index (χ4v) is 3.87. The zero-order valence-electron chi connectivity index (χ0n) is 15.6. The van der Waals surface area contributed by atoms with Gasteiger partial charge < -0.3 is 10.2 Å². The van der Waals surface area contributed by atoms with Gasteiger partial charge in [-0.15, -0.1) is 0 Å². The van der Waals surface area contributed by atoms with Crippen molar-refractivity contribution < 1.29 is 13.2 Å². The third-order valence-corrected chi connectivity index (χ3v) is 5.55. The normalized spacial score (nSPS) is 21.7. The molecule has 1 aliphatic heterocycles. The number of nitriles is 1. The van der Waals surface area contributed by atoms with Gasteiger partial charge in [-0.2, -0.15) is 5.26 Å². The van der Waals surface area contributed by atoms with Crippen molar-refractivity contribution in [2.75, 3.05) is 12.8 Å². The fourth-order valence-electron chi connectivity index (χ4n) is 3.12. The Labute approximate surface area is 165 Å². The highest BCUT2D eigenvalue weighted by molar-refractivity contribution is 7.93. The van der Waals surface area contributed by atoms with Gasteiger partial charge >= 0.3 is 6.03 Å². The predicted octanol–water partition coefficient (Wildman–Crippen LogP) is 3.64. The molecule has 1 aromatic rings. The molecular formula is C19H24ClN3O3S. The summed E-state index contributed by atoms with van der Waals surface area (Å²) < 4.78 is 22.5. The maximum Gasteiger partial charge on any atom is 0.318 e. The number of carbonyl (C=O) groups is 1. The number of halogens is 1. The first-order valence-electron chi connectivity index (χ1n) is 8.75. The van der Waals surface area contributed by atoms with Crippen LogP contribution in [0.1, 0.15) is 43.9 Å². The van der Waals surface area contributed by atoms with Crippen molar-refractivity contribution in [3.05, 3.63) is 45.8 Å². The van der Waals surface area contributed by atoms with Crippen LogP contribution in [-0.4, -0.2) is 38.2 Å². The van der Waals surface area contributed by atoms with Gasteiger partial charge in [0.1, 0.15) is 6.07 Å². The van der Waals surface area contributed by atoms with E-state index in [4.69, 9.17) is 16.9 Å². The third-order valence-electron chi connectivity index (χ3n) is 4.59. The first kappa shape index (κ1) is 21.3. The van der Waals surface area contributed by atoms with Crippen molar-refractivity contribution in [3.8, 4) is 6.07 Å². The number of urea groups is 1. The Kier molecular flexibility index (Phi) is 6.90. The first-order valence-corrected chi connectivity index (χ1v) is 11.1. The SMILES string of the molecule is C[C@@H]1CCN(C(=O)N[C@H](C)/C=C\S(C)(=O)=O)[C@H](c2ccc(C#N)c(Cl)c2)C1. The predicted molar refractivity (Wildman–Crippen MR) is 106 cm³/mol. The van der Waals surface area contributed by atoms with Crippen LogP contribution in [0.5, 0.6) is 0 Å². The molecule has 2 amide bonds. The number of nitrogens with one attached hydrogen (secondary N) is 1. The molecule has 1 heterocycles. The quantitative estimate of drug-likeness (QED) is 0.821. The molecule has 6 nitrogen and oxygen atoms in total. The van der Waals surface area contributed by atoms with Crippen LogP contribution < -0.4 is 5.32 Å². The molecule has 1 aromatic carbocycles. The minimum Gasteiger partial charge on any atom is -0.332 e. The largest absolute Gasteiger partial charge is 0.332 e.